The Balaban J connectivity index is 1.95. The van der Waals surface area contributed by atoms with Crippen LogP contribution in [0.4, 0.5) is 5.69 Å². The summed E-state index contributed by atoms with van der Waals surface area (Å²) in [6.45, 7) is 5.97. The number of rotatable bonds is 2. The van der Waals surface area contributed by atoms with E-state index < -0.39 is 0 Å². The van der Waals surface area contributed by atoms with Gasteiger partial charge in [0.1, 0.15) is 11.9 Å². The molecule has 0 atom stereocenters. The van der Waals surface area contributed by atoms with Crippen LogP contribution < -0.4 is 4.90 Å². The molecule has 0 saturated carbocycles. The van der Waals surface area contributed by atoms with Gasteiger partial charge < -0.3 is 9.47 Å². The van der Waals surface area contributed by atoms with E-state index in [1.165, 1.54) is 5.69 Å². The zero-order valence-electron chi connectivity index (χ0n) is 12.7. The molecule has 3 heterocycles. The molecule has 5 heteroatoms. The first-order valence-electron chi connectivity index (χ1n) is 7.26. The molecule has 108 valence electrons. The van der Waals surface area contributed by atoms with Crippen molar-refractivity contribution in [3.8, 4) is 6.07 Å². The Hall–Kier alpha value is -2.35. The summed E-state index contributed by atoms with van der Waals surface area (Å²) in [4.78, 5) is 11.1. The van der Waals surface area contributed by atoms with Crippen LogP contribution in [0.2, 0.25) is 0 Å². The fourth-order valence-corrected chi connectivity index (χ4v) is 3.01. The predicted molar refractivity (Wildman–Crippen MR) is 81.0 cm³/mol. The Morgan fingerprint density at radius 2 is 2.19 bits per heavy atom. The van der Waals surface area contributed by atoms with Crippen LogP contribution in [-0.2, 0) is 20.0 Å². The molecule has 1 aliphatic heterocycles. The van der Waals surface area contributed by atoms with Crippen LogP contribution in [0.25, 0.3) is 0 Å². The Morgan fingerprint density at radius 3 is 2.90 bits per heavy atom. The lowest BCUT2D eigenvalue weighted by atomic mass is 10.1. The van der Waals surface area contributed by atoms with Crippen molar-refractivity contribution in [1.82, 2.24) is 14.5 Å². The lowest BCUT2D eigenvalue weighted by molar-refractivity contribution is 0.662. The number of nitrogens with zero attached hydrogens (tertiary/aromatic N) is 5. The second kappa shape index (κ2) is 5.21. The molecule has 0 fully saturated rings. The first kappa shape index (κ1) is 13.6. The molecule has 0 aliphatic carbocycles. The molecule has 0 radical (unpaired) electrons. The van der Waals surface area contributed by atoms with Crippen LogP contribution >= 0.6 is 0 Å². The monoisotopic (exact) mass is 281 g/mol. The fraction of sp³-hybridized carbons (Fsp3) is 0.438. The number of imidazole rings is 1. The highest BCUT2D eigenvalue weighted by atomic mass is 15.2. The smallest absolute Gasteiger partial charge is 0.163 e. The lowest BCUT2D eigenvalue weighted by Gasteiger charge is -2.28. The van der Waals surface area contributed by atoms with Crippen molar-refractivity contribution in [2.24, 2.45) is 7.05 Å². The molecule has 3 rings (SSSR count). The van der Waals surface area contributed by atoms with Crippen LogP contribution in [0.3, 0.4) is 0 Å². The van der Waals surface area contributed by atoms with Crippen molar-refractivity contribution in [3.63, 3.8) is 0 Å². The van der Waals surface area contributed by atoms with Gasteiger partial charge in [0.15, 0.2) is 5.69 Å². The quantitative estimate of drug-likeness (QED) is 0.848. The number of anilines is 1. The van der Waals surface area contributed by atoms with Gasteiger partial charge in [-0.3, -0.25) is 0 Å². The van der Waals surface area contributed by atoms with Gasteiger partial charge in [-0.15, -0.1) is 0 Å². The normalized spacial score (nSPS) is 14.1. The van der Waals surface area contributed by atoms with Gasteiger partial charge in [0.05, 0.1) is 17.9 Å². The van der Waals surface area contributed by atoms with E-state index in [1.807, 2.05) is 12.1 Å². The lowest BCUT2D eigenvalue weighted by Crippen LogP contribution is -2.31. The fourth-order valence-electron chi connectivity index (χ4n) is 3.01. The highest BCUT2D eigenvalue weighted by Gasteiger charge is 2.25. The third kappa shape index (κ3) is 2.27. The largest absolute Gasteiger partial charge is 0.363 e. The van der Waals surface area contributed by atoms with Crippen LogP contribution in [0.1, 0.15) is 42.7 Å². The minimum absolute atomic E-state index is 0.419. The van der Waals surface area contributed by atoms with Crippen molar-refractivity contribution in [1.29, 1.82) is 5.26 Å². The van der Waals surface area contributed by atoms with Crippen LogP contribution in [0, 0.1) is 11.3 Å². The van der Waals surface area contributed by atoms with Crippen molar-refractivity contribution < 1.29 is 0 Å². The molecule has 0 N–H and O–H groups in total. The summed E-state index contributed by atoms with van der Waals surface area (Å²) in [5.41, 5.74) is 3.83. The van der Waals surface area contributed by atoms with E-state index >= 15 is 0 Å². The Bertz CT molecular complexity index is 708. The van der Waals surface area contributed by atoms with Crippen LogP contribution in [0.15, 0.2) is 18.3 Å². The van der Waals surface area contributed by atoms with Gasteiger partial charge in [0, 0.05) is 37.8 Å². The maximum atomic E-state index is 9.21. The molecular formula is C16H19N5. The molecule has 0 aromatic carbocycles. The standard InChI is InChI=1S/C16H19N5/c1-11(2)16-19-13-10-21(8-6-14(13)20(16)3)15-5-4-7-18-12(15)9-17/h4-5,7,11H,6,8,10H2,1-3H3. The van der Waals surface area contributed by atoms with Gasteiger partial charge in [-0.2, -0.15) is 5.26 Å². The minimum Gasteiger partial charge on any atom is -0.363 e. The highest BCUT2D eigenvalue weighted by Crippen LogP contribution is 2.27. The van der Waals surface area contributed by atoms with Gasteiger partial charge >= 0.3 is 0 Å². The van der Waals surface area contributed by atoms with Crippen molar-refractivity contribution >= 4 is 5.69 Å². The molecule has 21 heavy (non-hydrogen) atoms. The summed E-state index contributed by atoms with van der Waals surface area (Å²) < 4.78 is 2.23. The van der Waals surface area contributed by atoms with E-state index in [9.17, 15) is 5.26 Å². The van der Waals surface area contributed by atoms with Crippen molar-refractivity contribution in [2.75, 3.05) is 11.4 Å². The highest BCUT2D eigenvalue weighted by molar-refractivity contribution is 5.56. The second-order valence-electron chi connectivity index (χ2n) is 5.73. The van der Waals surface area contributed by atoms with Gasteiger partial charge in [-0.25, -0.2) is 9.97 Å². The zero-order valence-corrected chi connectivity index (χ0v) is 12.7. The average Bonchev–Trinajstić information content (AvgIpc) is 2.84. The summed E-state index contributed by atoms with van der Waals surface area (Å²) in [6, 6.07) is 6.01. The first-order valence-corrected chi connectivity index (χ1v) is 7.26. The predicted octanol–water partition coefficient (Wildman–Crippen LogP) is 2.37. The number of nitriles is 1. The van der Waals surface area contributed by atoms with Gasteiger partial charge in [0.2, 0.25) is 0 Å². The number of aromatic nitrogens is 3. The molecule has 0 saturated heterocycles. The maximum absolute atomic E-state index is 9.21. The first-order chi connectivity index (χ1) is 10.1. The van der Waals surface area contributed by atoms with E-state index in [1.54, 1.807) is 6.20 Å². The summed E-state index contributed by atoms with van der Waals surface area (Å²) in [6.07, 6.45) is 2.61. The van der Waals surface area contributed by atoms with E-state index in [-0.39, 0.29) is 0 Å². The average molecular weight is 281 g/mol. The Morgan fingerprint density at radius 1 is 1.38 bits per heavy atom. The van der Waals surface area contributed by atoms with Gasteiger partial charge in [-0.05, 0) is 12.1 Å². The molecule has 2 aromatic heterocycles. The van der Waals surface area contributed by atoms with E-state index in [2.05, 4.69) is 41.4 Å². The molecule has 2 aromatic rings. The number of pyridine rings is 1. The Kier molecular flexibility index (Phi) is 3.38. The summed E-state index contributed by atoms with van der Waals surface area (Å²) in [5, 5.41) is 9.21. The summed E-state index contributed by atoms with van der Waals surface area (Å²) >= 11 is 0. The third-order valence-electron chi connectivity index (χ3n) is 4.04. The topological polar surface area (TPSA) is 57.7 Å². The summed E-state index contributed by atoms with van der Waals surface area (Å²) in [5.74, 6) is 1.55. The van der Waals surface area contributed by atoms with Crippen molar-refractivity contribution in [3.05, 3.63) is 41.2 Å². The van der Waals surface area contributed by atoms with E-state index in [4.69, 9.17) is 4.98 Å². The maximum Gasteiger partial charge on any atom is 0.163 e. The van der Waals surface area contributed by atoms with Gasteiger partial charge in [-0.1, -0.05) is 13.8 Å². The number of fused-ring (bicyclic) bond motifs is 1. The SMILES string of the molecule is CC(C)c1nc2c(n1C)CCN(c1cccnc1C#N)C2. The second-order valence-corrected chi connectivity index (χ2v) is 5.73. The molecule has 0 unspecified atom stereocenters. The van der Waals surface area contributed by atoms with Crippen molar-refractivity contribution in [2.45, 2.75) is 32.7 Å². The Labute approximate surface area is 124 Å². The van der Waals surface area contributed by atoms with E-state index in [0.29, 0.717) is 11.6 Å². The minimum atomic E-state index is 0.419. The molecule has 0 bridgehead atoms. The number of hydrogen-bond acceptors (Lipinski definition) is 4. The molecule has 0 amide bonds. The third-order valence-corrected chi connectivity index (χ3v) is 4.04. The zero-order chi connectivity index (χ0) is 15.0. The molecule has 5 nitrogen and oxygen atoms in total. The molecule has 1 aliphatic rings. The molecule has 0 spiro atoms. The summed E-state index contributed by atoms with van der Waals surface area (Å²) in [7, 11) is 2.10. The van der Waals surface area contributed by atoms with E-state index in [0.717, 1.165) is 36.7 Å². The van der Waals surface area contributed by atoms with Crippen LogP contribution in [0.5, 0.6) is 0 Å². The van der Waals surface area contributed by atoms with Crippen LogP contribution in [-0.4, -0.2) is 21.1 Å². The number of hydrogen-bond donors (Lipinski definition) is 0. The molecular weight excluding hydrogens is 262 g/mol. The van der Waals surface area contributed by atoms with Gasteiger partial charge in [0.25, 0.3) is 0 Å².